The first kappa shape index (κ1) is 27.0. The smallest absolute Gasteiger partial charge is 0.254 e. The highest BCUT2D eigenvalue weighted by atomic mass is 32.2. The molecule has 1 amide bonds. The summed E-state index contributed by atoms with van der Waals surface area (Å²) in [5.74, 6) is 0.332. The second kappa shape index (κ2) is 10.9. The molecule has 6 nitrogen and oxygen atoms in total. The zero-order valence-electron chi connectivity index (χ0n) is 22.8. The van der Waals surface area contributed by atoms with Crippen molar-refractivity contribution < 1.29 is 9.18 Å². The fourth-order valence-corrected chi connectivity index (χ4v) is 6.86. The molecule has 204 valence electrons. The van der Waals surface area contributed by atoms with Crippen LogP contribution in [0.4, 0.5) is 4.39 Å². The molecule has 2 aliphatic carbocycles. The van der Waals surface area contributed by atoms with Gasteiger partial charge in [0, 0.05) is 57.9 Å². The number of para-hydroxylation sites is 1. The molecular weight excluding hydrogens is 499 g/mol. The van der Waals surface area contributed by atoms with Crippen molar-refractivity contribution in [3.63, 3.8) is 0 Å². The highest BCUT2D eigenvalue weighted by Crippen LogP contribution is 2.40. The molecular formula is C30H39FN4O2S. The molecule has 0 spiro atoms. The largest absolute Gasteiger partial charge is 0.348 e. The lowest BCUT2D eigenvalue weighted by molar-refractivity contribution is 0.0951. The van der Waals surface area contributed by atoms with Gasteiger partial charge in [0.05, 0.1) is 5.56 Å². The number of hydrogen-bond acceptors (Lipinski definition) is 4. The maximum absolute atomic E-state index is 14.0. The van der Waals surface area contributed by atoms with Crippen LogP contribution in [0.1, 0.15) is 78.8 Å². The lowest BCUT2D eigenvalue weighted by Gasteiger charge is -2.34. The molecule has 0 aliphatic heterocycles. The molecule has 2 heterocycles. The number of pyridine rings is 1. The molecule has 2 aliphatic rings. The summed E-state index contributed by atoms with van der Waals surface area (Å²) < 4.78 is 16.4. The number of carbonyl (C=O) groups is 1. The van der Waals surface area contributed by atoms with Crippen molar-refractivity contribution >= 4 is 28.6 Å². The van der Waals surface area contributed by atoms with Gasteiger partial charge in [-0.2, -0.15) is 0 Å². The third-order valence-electron chi connectivity index (χ3n) is 8.62. The van der Waals surface area contributed by atoms with E-state index in [1.54, 1.807) is 0 Å². The zero-order chi connectivity index (χ0) is 27.0. The number of benzene rings is 1. The van der Waals surface area contributed by atoms with Crippen molar-refractivity contribution in [3.8, 4) is 0 Å². The van der Waals surface area contributed by atoms with Gasteiger partial charge in [-0.05, 0) is 83.6 Å². The molecule has 3 N–H and O–H groups in total. The highest BCUT2D eigenvalue weighted by Gasteiger charge is 2.43. The van der Waals surface area contributed by atoms with E-state index in [9.17, 15) is 14.0 Å². The first-order valence-corrected chi connectivity index (χ1v) is 15.0. The van der Waals surface area contributed by atoms with Gasteiger partial charge >= 0.3 is 0 Å². The summed E-state index contributed by atoms with van der Waals surface area (Å²) in [7, 11) is 0. The number of aryl methyl sites for hydroxylation is 1. The molecule has 0 bridgehead atoms. The Morgan fingerprint density at radius 1 is 1.21 bits per heavy atom. The normalized spacial score (nSPS) is 21.4. The molecule has 38 heavy (non-hydrogen) atoms. The average Bonchev–Trinajstić information content (AvgIpc) is 3.57. The Kier molecular flexibility index (Phi) is 7.74. The number of halogens is 1. The van der Waals surface area contributed by atoms with Crippen LogP contribution in [0.25, 0.3) is 10.9 Å². The van der Waals surface area contributed by atoms with E-state index in [1.807, 2.05) is 44.4 Å². The van der Waals surface area contributed by atoms with Crippen LogP contribution >= 0.6 is 11.8 Å². The summed E-state index contributed by atoms with van der Waals surface area (Å²) in [6, 6.07) is 10.7. The lowest BCUT2D eigenvalue weighted by Crippen LogP contribution is -2.38. The summed E-state index contributed by atoms with van der Waals surface area (Å²) in [6.45, 7) is 6.82. The van der Waals surface area contributed by atoms with E-state index < -0.39 is 5.67 Å². The third-order valence-corrected chi connectivity index (χ3v) is 9.42. The van der Waals surface area contributed by atoms with Crippen molar-refractivity contribution in [2.45, 2.75) is 88.5 Å². The topological polar surface area (TPSA) is 78.9 Å². The van der Waals surface area contributed by atoms with Crippen molar-refractivity contribution in [3.05, 3.63) is 63.2 Å². The molecule has 2 aromatic heterocycles. The lowest BCUT2D eigenvalue weighted by atomic mass is 9.81. The minimum absolute atomic E-state index is 0.161. The van der Waals surface area contributed by atoms with Crippen LogP contribution in [0.3, 0.4) is 0 Å². The SMILES string of the molecule is CSc1cc(C)[nH]c(=O)c1CNC(=O)c1c(C)n([C@H](C)C2CCC(NCC3(F)CC3)CC2)c2ccccc12. The van der Waals surface area contributed by atoms with Crippen LogP contribution in [0.15, 0.2) is 40.0 Å². The number of H-pyrrole nitrogens is 1. The van der Waals surface area contributed by atoms with Crippen LogP contribution in [0, 0.1) is 19.8 Å². The van der Waals surface area contributed by atoms with Crippen LogP contribution in [-0.4, -0.2) is 40.0 Å². The Hall–Kier alpha value is -2.58. The average molecular weight is 539 g/mol. The summed E-state index contributed by atoms with van der Waals surface area (Å²) in [5, 5.41) is 7.43. The molecule has 2 fully saturated rings. The van der Waals surface area contributed by atoms with E-state index in [0.717, 1.165) is 52.9 Å². The third kappa shape index (κ3) is 5.43. The standard InChI is InChI=1S/C30H39FN4O2S/c1-18-15-26(38-4)24(28(36)34-18)16-32-29(37)27-20(3)35(25-8-6-5-7-23(25)27)19(2)21-9-11-22(12-10-21)33-17-30(31)13-14-30/h5-8,15,19,21-22,33H,9-14,16-17H2,1-4H3,(H,32,37)(H,34,36)/t19-,21?,22?/m1/s1. The monoisotopic (exact) mass is 538 g/mol. The molecule has 1 aromatic carbocycles. The number of aromatic nitrogens is 2. The molecule has 8 heteroatoms. The van der Waals surface area contributed by atoms with E-state index in [1.165, 1.54) is 11.8 Å². The summed E-state index contributed by atoms with van der Waals surface area (Å²) >= 11 is 1.51. The predicted molar refractivity (Wildman–Crippen MR) is 153 cm³/mol. The zero-order valence-corrected chi connectivity index (χ0v) is 23.6. The van der Waals surface area contributed by atoms with E-state index in [2.05, 4.69) is 33.2 Å². The van der Waals surface area contributed by atoms with E-state index >= 15 is 0 Å². The van der Waals surface area contributed by atoms with Gasteiger partial charge in [-0.15, -0.1) is 11.8 Å². The number of alkyl halides is 1. The van der Waals surface area contributed by atoms with Crippen molar-refractivity contribution in [1.29, 1.82) is 0 Å². The van der Waals surface area contributed by atoms with Gasteiger partial charge in [-0.1, -0.05) is 18.2 Å². The van der Waals surface area contributed by atoms with Crippen LogP contribution in [-0.2, 0) is 6.54 Å². The number of nitrogens with one attached hydrogen (secondary N) is 3. The predicted octanol–water partition coefficient (Wildman–Crippen LogP) is 5.81. The molecule has 5 rings (SSSR count). The van der Waals surface area contributed by atoms with Crippen molar-refractivity contribution in [1.82, 2.24) is 20.2 Å². The van der Waals surface area contributed by atoms with Crippen LogP contribution in [0.2, 0.25) is 0 Å². The Bertz CT molecular complexity index is 1380. The fourth-order valence-electron chi connectivity index (χ4n) is 6.15. The second-order valence-electron chi connectivity index (χ2n) is 11.2. The Morgan fingerprint density at radius 3 is 2.61 bits per heavy atom. The molecule has 0 unspecified atom stereocenters. The van der Waals surface area contributed by atoms with Gasteiger partial charge in [0.25, 0.3) is 11.5 Å². The molecule has 1 atom stereocenters. The maximum Gasteiger partial charge on any atom is 0.254 e. The van der Waals surface area contributed by atoms with Crippen molar-refractivity contribution in [2.24, 2.45) is 5.92 Å². The maximum atomic E-state index is 14.0. The minimum Gasteiger partial charge on any atom is -0.348 e. The number of aromatic amines is 1. The minimum atomic E-state index is -0.952. The number of fused-ring (bicyclic) bond motifs is 1. The van der Waals surface area contributed by atoms with Crippen LogP contribution in [0.5, 0.6) is 0 Å². The fraction of sp³-hybridized carbons (Fsp3) is 0.533. The highest BCUT2D eigenvalue weighted by molar-refractivity contribution is 7.98. The van der Waals surface area contributed by atoms with E-state index in [-0.39, 0.29) is 24.1 Å². The van der Waals surface area contributed by atoms with Gasteiger partial charge in [0.2, 0.25) is 0 Å². The van der Waals surface area contributed by atoms with Gasteiger partial charge in [0.1, 0.15) is 5.67 Å². The molecule has 0 saturated heterocycles. The quantitative estimate of drug-likeness (QED) is 0.301. The Morgan fingerprint density at radius 2 is 1.92 bits per heavy atom. The number of amides is 1. The molecule has 2 saturated carbocycles. The number of rotatable bonds is 9. The number of carbonyl (C=O) groups excluding carboxylic acids is 1. The first-order valence-electron chi connectivity index (χ1n) is 13.8. The molecule has 0 radical (unpaired) electrons. The van der Waals surface area contributed by atoms with Gasteiger partial charge in [-0.3, -0.25) is 9.59 Å². The number of nitrogens with zero attached hydrogens (tertiary/aromatic N) is 1. The van der Waals surface area contributed by atoms with Crippen LogP contribution < -0.4 is 16.2 Å². The first-order chi connectivity index (χ1) is 18.2. The summed E-state index contributed by atoms with van der Waals surface area (Å²) in [6.07, 6.45) is 7.61. The van der Waals surface area contributed by atoms with Gasteiger partial charge in [-0.25, -0.2) is 4.39 Å². The number of hydrogen-bond donors (Lipinski definition) is 3. The van der Waals surface area contributed by atoms with E-state index in [0.29, 0.717) is 42.5 Å². The Labute approximate surface area is 228 Å². The number of thioether (sulfide) groups is 1. The molecule has 3 aromatic rings. The Balaban J connectivity index is 1.33. The summed E-state index contributed by atoms with van der Waals surface area (Å²) in [4.78, 5) is 29.9. The summed E-state index contributed by atoms with van der Waals surface area (Å²) in [5.41, 5.74) is 2.97. The van der Waals surface area contributed by atoms with E-state index in [4.69, 9.17) is 0 Å². The second-order valence-corrected chi connectivity index (χ2v) is 12.1. The van der Waals surface area contributed by atoms with Crippen molar-refractivity contribution in [2.75, 3.05) is 12.8 Å². The van der Waals surface area contributed by atoms with Gasteiger partial charge < -0.3 is 20.2 Å². The van der Waals surface area contributed by atoms with Gasteiger partial charge in [0.15, 0.2) is 0 Å².